The van der Waals surface area contributed by atoms with E-state index in [1.54, 1.807) is 24.3 Å². The fourth-order valence-electron chi connectivity index (χ4n) is 11.9. The highest BCUT2D eigenvalue weighted by Gasteiger charge is 2.41. The van der Waals surface area contributed by atoms with Crippen LogP contribution in [0.3, 0.4) is 0 Å². The van der Waals surface area contributed by atoms with E-state index in [1.165, 1.54) is 75.6 Å². The summed E-state index contributed by atoms with van der Waals surface area (Å²) >= 11 is 0. The van der Waals surface area contributed by atoms with Gasteiger partial charge >= 0.3 is 0 Å². The number of hydrogen-bond acceptors (Lipinski definition) is 12. The van der Waals surface area contributed by atoms with Crippen LogP contribution < -0.4 is 39.3 Å². The fraction of sp³-hybridized carbons (Fsp3) is 0.632. The highest BCUT2D eigenvalue weighted by atomic mass is 16.5. The topological polar surface area (TPSA) is 188 Å². The molecular formula is C76H112N4O12. The molecule has 0 spiro atoms. The van der Waals surface area contributed by atoms with Gasteiger partial charge in [0, 0.05) is 21.9 Å². The van der Waals surface area contributed by atoms with Gasteiger partial charge in [-0.1, -0.05) is 234 Å². The number of rotatable bonds is 52. The van der Waals surface area contributed by atoms with Crippen LogP contribution in [0.1, 0.15) is 335 Å². The van der Waals surface area contributed by atoms with E-state index in [0.717, 1.165) is 180 Å². The Morgan fingerprint density at radius 3 is 0.707 bits per heavy atom. The van der Waals surface area contributed by atoms with Gasteiger partial charge in [0.05, 0.1) is 61.9 Å². The van der Waals surface area contributed by atoms with Crippen LogP contribution in [0.4, 0.5) is 0 Å². The van der Waals surface area contributed by atoms with Crippen LogP contribution in [0.25, 0.3) is 10.8 Å². The van der Waals surface area contributed by atoms with Crippen LogP contribution in [-0.4, -0.2) is 85.1 Å². The number of imide groups is 2. The number of amides is 6. The first-order valence-corrected chi connectivity index (χ1v) is 36.1. The molecule has 0 bridgehead atoms. The second-order valence-corrected chi connectivity index (χ2v) is 25.1. The maximum Gasteiger partial charge on any atom is 0.280 e. The Morgan fingerprint density at radius 1 is 0.293 bits per heavy atom. The van der Waals surface area contributed by atoms with Crippen LogP contribution in [-0.2, 0) is 0 Å². The summed E-state index contributed by atoms with van der Waals surface area (Å²) in [6, 6.07) is 11.9. The van der Waals surface area contributed by atoms with Crippen molar-refractivity contribution in [2.24, 2.45) is 0 Å². The molecule has 92 heavy (non-hydrogen) atoms. The Bertz CT molecular complexity index is 2600. The summed E-state index contributed by atoms with van der Waals surface area (Å²) in [5.41, 5.74) is 5.31. The van der Waals surface area contributed by atoms with Gasteiger partial charge in [-0.25, -0.2) is 0 Å². The molecule has 0 saturated heterocycles. The van der Waals surface area contributed by atoms with Crippen molar-refractivity contribution in [3.8, 4) is 34.5 Å². The normalized spacial score (nSPS) is 12.7. The highest BCUT2D eigenvalue weighted by molar-refractivity contribution is 6.33. The molecule has 0 atom stereocenters. The largest absolute Gasteiger partial charge is 0.490 e. The second kappa shape index (κ2) is 42.4. The lowest BCUT2D eigenvalue weighted by Crippen LogP contribution is -2.53. The van der Waals surface area contributed by atoms with Gasteiger partial charge in [0.1, 0.15) is 0 Å². The van der Waals surface area contributed by atoms with Crippen molar-refractivity contribution in [1.82, 2.24) is 20.9 Å². The van der Waals surface area contributed by atoms with Crippen molar-refractivity contribution in [2.45, 2.75) is 273 Å². The Morgan fingerprint density at radius 2 is 0.489 bits per heavy atom. The number of carbonyl (C=O) groups excluding carboxylic acids is 6. The van der Waals surface area contributed by atoms with Gasteiger partial charge in [-0.2, -0.15) is 10.0 Å². The molecule has 2 aliphatic heterocycles. The predicted octanol–water partition coefficient (Wildman–Crippen LogP) is 19.2. The third-order valence-corrected chi connectivity index (χ3v) is 17.4. The molecule has 0 unspecified atom stereocenters. The molecule has 508 valence electrons. The number of ether oxygens (including phenoxy) is 6. The highest BCUT2D eigenvalue weighted by Crippen LogP contribution is 2.43. The molecule has 0 saturated carbocycles. The van der Waals surface area contributed by atoms with Crippen LogP contribution >= 0.6 is 0 Å². The molecule has 16 heteroatoms. The van der Waals surface area contributed by atoms with Crippen LogP contribution in [0.5, 0.6) is 34.5 Å². The molecule has 2 heterocycles. The zero-order valence-electron chi connectivity index (χ0n) is 57.1. The molecule has 4 aromatic carbocycles. The maximum absolute atomic E-state index is 14.6. The average Bonchev–Trinajstić information content (AvgIpc) is 0.717. The van der Waals surface area contributed by atoms with Crippen molar-refractivity contribution < 1.29 is 57.2 Å². The Hall–Kier alpha value is -6.84. The Labute approximate surface area is 550 Å². The van der Waals surface area contributed by atoms with Crippen molar-refractivity contribution >= 4 is 46.2 Å². The van der Waals surface area contributed by atoms with Crippen LogP contribution in [0, 0.1) is 0 Å². The molecule has 2 N–H and O–H groups in total. The van der Waals surface area contributed by atoms with Crippen LogP contribution in [0.2, 0.25) is 0 Å². The summed E-state index contributed by atoms with van der Waals surface area (Å²) in [6.45, 7) is 15.6. The maximum atomic E-state index is 14.6. The molecule has 16 nitrogen and oxygen atoms in total. The van der Waals surface area contributed by atoms with E-state index in [4.69, 9.17) is 28.4 Å². The zero-order chi connectivity index (χ0) is 65.7. The van der Waals surface area contributed by atoms with Gasteiger partial charge in [-0.15, -0.1) is 0 Å². The molecular weight excluding hydrogens is 1160 g/mol. The van der Waals surface area contributed by atoms with Gasteiger partial charge in [-0.05, 0) is 87.1 Å². The molecule has 0 aliphatic carbocycles. The fourth-order valence-corrected chi connectivity index (χ4v) is 11.9. The lowest BCUT2D eigenvalue weighted by Gasteiger charge is -2.31. The monoisotopic (exact) mass is 1270 g/mol. The smallest absolute Gasteiger partial charge is 0.280 e. The number of nitrogens with one attached hydrogen (secondary N) is 2. The van der Waals surface area contributed by atoms with E-state index in [0.29, 0.717) is 84.2 Å². The summed E-state index contributed by atoms with van der Waals surface area (Å²) in [4.78, 5) is 87.6. The lowest BCUT2D eigenvalue weighted by atomic mass is 9.86. The average molecular weight is 1270 g/mol. The van der Waals surface area contributed by atoms with Gasteiger partial charge in [0.15, 0.2) is 23.0 Å². The standard InChI is InChI=1S/C76H112N4O12/c1-7-13-19-25-31-37-47-87-63-53-57(54-64(88-48-38-32-26-20-14-8-2)69(63)91-51-41-35-29-23-17-11-5)71(81)77-79-73(83)59-43-45-61-68-62(46-44-60(67(59)68)74(79)84)76(86)80(75(61)85)78-72(82)58-55-65(89-49-39-33-27-21-15-9-3)70(92-52-42-36-30-24-18-12-6)66(56-58)90-50-40-34-28-22-16-10-4/h43-46,53-56H,7-42,47-52H2,1-6H3,(H,77,81)(H,78,82). The molecule has 2 aliphatic rings. The SMILES string of the molecule is CCCCCCCCOc1cc(C(=O)NN2C(=O)c3ccc4c5c(ccc(c35)C2=O)C(=O)N(NC(=O)c2cc(OCCCCCCCC)c(OCCCCCCCC)c(OCCCCCCCC)c2)C4=O)cc(OCCCCCCCC)c1OCCCCCCCC. The molecule has 6 amide bonds. The zero-order valence-corrected chi connectivity index (χ0v) is 57.1. The van der Waals surface area contributed by atoms with Gasteiger partial charge in [0.2, 0.25) is 11.5 Å². The van der Waals surface area contributed by atoms with E-state index >= 15 is 0 Å². The minimum absolute atomic E-state index is 0.0104. The van der Waals surface area contributed by atoms with E-state index in [9.17, 15) is 28.8 Å². The van der Waals surface area contributed by atoms with Gasteiger partial charge < -0.3 is 28.4 Å². The lowest BCUT2D eigenvalue weighted by molar-refractivity contribution is 0.0467. The quantitative estimate of drug-likeness (QED) is 0.0315. The van der Waals surface area contributed by atoms with E-state index in [1.807, 2.05) is 0 Å². The van der Waals surface area contributed by atoms with E-state index < -0.39 is 35.4 Å². The van der Waals surface area contributed by atoms with E-state index in [2.05, 4.69) is 52.4 Å². The Balaban J connectivity index is 1.25. The summed E-state index contributed by atoms with van der Waals surface area (Å²) < 4.78 is 38.8. The summed E-state index contributed by atoms with van der Waals surface area (Å²) in [6.07, 6.45) is 38.4. The first-order valence-electron chi connectivity index (χ1n) is 36.1. The molecule has 4 aromatic rings. The summed E-state index contributed by atoms with van der Waals surface area (Å²) in [5.74, 6) is -2.79. The van der Waals surface area contributed by atoms with E-state index in [-0.39, 0.29) is 44.2 Å². The molecule has 0 aromatic heterocycles. The number of hydrazine groups is 2. The first kappa shape index (κ1) is 74.2. The molecule has 6 rings (SSSR count). The third kappa shape index (κ3) is 22.7. The minimum atomic E-state index is -0.864. The first-order chi connectivity index (χ1) is 45.0. The second-order valence-electron chi connectivity index (χ2n) is 25.1. The van der Waals surface area contributed by atoms with Crippen molar-refractivity contribution in [2.75, 3.05) is 39.6 Å². The van der Waals surface area contributed by atoms with Crippen molar-refractivity contribution in [3.63, 3.8) is 0 Å². The number of benzene rings is 4. The number of unbranched alkanes of at least 4 members (excludes halogenated alkanes) is 30. The molecule has 0 fully saturated rings. The summed E-state index contributed by atoms with van der Waals surface area (Å²) in [5, 5.41) is 1.51. The predicted molar refractivity (Wildman–Crippen MR) is 366 cm³/mol. The summed E-state index contributed by atoms with van der Waals surface area (Å²) in [7, 11) is 0. The minimum Gasteiger partial charge on any atom is -0.490 e. The van der Waals surface area contributed by atoms with Gasteiger partial charge in [-0.3, -0.25) is 39.6 Å². The Kier molecular flexibility index (Phi) is 34.2. The number of carbonyl (C=O) groups is 6. The number of hydrogen-bond donors (Lipinski definition) is 2. The third-order valence-electron chi connectivity index (χ3n) is 17.4. The number of nitrogens with zero attached hydrogens (tertiary/aromatic N) is 2. The van der Waals surface area contributed by atoms with Gasteiger partial charge in [0.25, 0.3) is 35.4 Å². The van der Waals surface area contributed by atoms with Crippen LogP contribution in [0.15, 0.2) is 48.5 Å². The molecule has 0 radical (unpaired) electrons. The van der Waals surface area contributed by atoms with Crippen molar-refractivity contribution in [3.05, 3.63) is 81.9 Å². The van der Waals surface area contributed by atoms with Crippen molar-refractivity contribution in [1.29, 1.82) is 0 Å².